The van der Waals surface area contributed by atoms with Crippen molar-refractivity contribution in [3.63, 3.8) is 0 Å². The minimum Gasteiger partial charge on any atom is -0.493 e. The fourth-order valence-corrected chi connectivity index (χ4v) is 2.67. The van der Waals surface area contributed by atoms with E-state index < -0.39 is 0 Å². The molecule has 1 aromatic rings. The molecule has 1 saturated heterocycles. The number of halogens is 1. The molecule has 16 heavy (non-hydrogen) atoms. The van der Waals surface area contributed by atoms with Gasteiger partial charge in [-0.15, -0.1) is 0 Å². The first-order chi connectivity index (χ1) is 7.84. The maximum atomic E-state index is 13.9. The SMILES string of the molecule is Fc1cc2c(cc1C1CCNCC1)CCO2. The molecule has 0 bridgehead atoms. The van der Waals surface area contributed by atoms with E-state index in [1.54, 1.807) is 6.07 Å². The predicted molar refractivity (Wildman–Crippen MR) is 60.4 cm³/mol. The fraction of sp³-hybridized carbons (Fsp3) is 0.538. The predicted octanol–water partition coefficient (Wildman–Crippen LogP) is 2.23. The summed E-state index contributed by atoms with van der Waals surface area (Å²) in [6.07, 6.45) is 3.00. The molecule has 2 aliphatic heterocycles. The summed E-state index contributed by atoms with van der Waals surface area (Å²) < 4.78 is 19.3. The van der Waals surface area contributed by atoms with Gasteiger partial charge < -0.3 is 10.1 Å². The topological polar surface area (TPSA) is 21.3 Å². The van der Waals surface area contributed by atoms with E-state index in [1.807, 2.05) is 6.07 Å². The van der Waals surface area contributed by atoms with Gasteiger partial charge in [0.15, 0.2) is 0 Å². The lowest BCUT2D eigenvalue weighted by Gasteiger charge is -2.23. The third-order valence-electron chi connectivity index (χ3n) is 3.59. The average Bonchev–Trinajstić information content (AvgIpc) is 2.76. The molecule has 0 amide bonds. The number of hydrogen-bond donors (Lipinski definition) is 1. The summed E-state index contributed by atoms with van der Waals surface area (Å²) in [7, 11) is 0. The van der Waals surface area contributed by atoms with Gasteiger partial charge in [-0.05, 0) is 49.0 Å². The number of piperidine rings is 1. The Morgan fingerprint density at radius 3 is 2.88 bits per heavy atom. The van der Waals surface area contributed by atoms with Crippen LogP contribution in [0, 0.1) is 5.82 Å². The highest BCUT2D eigenvalue weighted by Gasteiger charge is 2.22. The second kappa shape index (κ2) is 4.06. The zero-order valence-corrected chi connectivity index (χ0v) is 9.26. The van der Waals surface area contributed by atoms with Crippen LogP contribution in [0.1, 0.15) is 29.9 Å². The molecular formula is C13H16FNO. The Hall–Kier alpha value is -1.09. The Bertz CT molecular complexity index is 399. The maximum absolute atomic E-state index is 13.9. The van der Waals surface area contributed by atoms with Crippen LogP contribution in [0.4, 0.5) is 4.39 Å². The standard InChI is InChI=1S/C13H16FNO/c14-12-8-13-10(3-6-16-13)7-11(12)9-1-4-15-5-2-9/h7-9,15H,1-6H2. The Labute approximate surface area is 94.8 Å². The molecule has 1 fully saturated rings. The quantitative estimate of drug-likeness (QED) is 0.785. The lowest BCUT2D eigenvalue weighted by atomic mass is 9.88. The Morgan fingerprint density at radius 1 is 1.25 bits per heavy atom. The van der Waals surface area contributed by atoms with Crippen LogP contribution in [0.15, 0.2) is 12.1 Å². The van der Waals surface area contributed by atoms with Gasteiger partial charge in [-0.25, -0.2) is 4.39 Å². The van der Waals surface area contributed by atoms with Crippen LogP contribution >= 0.6 is 0 Å². The number of ether oxygens (including phenoxy) is 1. The van der Waals surface area contributed by atoms with E-state index in [-0.39, 0.29) is 5.82 Å². The van der Waals surface area contributed by atoms with Crippen molar-refractivity contribution < 1.29 is 9.13 Å². The van der Waals surface area contributed by atoms with E-state index in [1.165, 1.54) is 5.56 Å². The highest BCUT2D eigenvalue weighted by atomic mass is 19.1. The summed E-state index contributed by atoms with van der Waals surface area (Å²) in [6, 6.07) is 3.59. The van der Waals surface area contributed by atoms with Gasteiger partial charge in [0.2, 0.25) is 0 Å². The van der Waals surface area contributed by atoms with Crippen LogP contribution < -0.4 is 10.1 Å². The number of fused-ring (bicyclic) bond motifs is 1. The van der Waals surface area contributed by atoms with Crippen LogP contribution in [-0.2, 0) is 6.42 Å². The summed E-state index contributed by atoms with van der Waals surface area (Å²) >= 11 is 0. The van der Waals surface area contributed by atoms with Gasteiger partial charge in [-0.2, -0.15) is 0 Å². The molecule has 0 saturated carbocycles. The highest BCUT2D eigenvalue weighted by molar-refractivity contribution is 5.42. The molecular weight excluding hydrogens is 205 g/mol. The van der Waals surface area contributed by atoms with E-state index >= 15 is 0 Å². The van der Waals surface area contributed by atoms with Gasteiger partial charge in [0.25, 0.3) is 0 Å². The van der Waals surface area contributed by atoms with Crippen molar-refractivity contribution in [3.05, 3.63) is 29.1 Å². The van der Waals surface area contributed by atoms with E-state index in [9.17, 15) is 4.39 Å². The normalized spacial score (nSPS) is 20.6. The molecule has 0 unspecified atom stereocenters. The van der Waals surface area contributed by atoms with Crippen LogP contribution in [-0.4, -0.2) is 19.7 Å². The first kappa shape index (κ1) is 10.1. The van der Waals surface area contributed by atoms with Gasteiger partial charge in [-0.1, -0.05) is 0 Å². The van der Waals surface area contributed by atoms with Crippen molar-refractivity contribution in [1.29, 1.82) is 0 Å². The van der Waals surface area contributed by atoms with Crippen molar-refractivity contribution in [2.45, 2.75) is 25.2 Å². The van der Waals surface area contributed by atoms with Crippen LogP contribution in [0.2, 0.25) is 0 Å². The second-order valence-electron chi connectivity index (χ2n) is 4.60. The molecule has 2 heterocycles. The van der Waals surface area contributed by atoms with Crippen molar-refractivity contribution in [3.8, 4) is 5.75 Å². The average molecular weight is 221 g/mol. The molecule has 1 N–H and O–H groups in total. The molecule has 2 nitrogen and oxygen atoms in total. The fourth-order valence-electron chi connectivity index (χ4n) is 2.67. The van der Waals surface area contributed by atoms with Crippen LogP contribution in [0.25, 0.3) is 0 Å². The minimum atomic E-state index is -0.0902. The Kier molecular flexibility index (Phi) is 2.56. The van der Waals surface area contributed by atoms with Gasteiger partial charge >= 0.3 is 0 Å². The van der Waals surface area contributed by atoms with E-state index in [0.717, 1.165) is 43.7 Å². The van der Waals surface area contributed by atoms with Crippen molar-refractivity contribution in [2.75, 3.05) is 19.7 Å². The molecule has 2 aliphatic rings. The smallest absolute Gasteiger partial charge is 0.130 e. The number of rotatable bonds is 1. The zero-order chi connectivity index (χ0) is 11.0. The van der Waals surface area contributed by atoms with Crippen molar-refractivity contribution in [2.24, 2.45) is 0 Å². The monoisotopic (exact) mass is 221 g/mol. The second-order valence-corrected chi connectivity index (χ2v) is 4.60. The minimum absolute atomic E-state index is 0.0902. The summed E-state index contributed by atoms with van der Waals surface area (Å²) in [5.74, 6) is 1.04. The lowest BCUT2D eigenvalue weighted by Crippen LogP contribution is -2.27. The van der Waals surface area contributed by atoms with Crippen LogP contribution in [0.3, 0.4) is 0 Å². The van der Waals surface area contributed by atoms with Gasteiger partial charge in [0.05, 0.1) is 6.61 Å². The number of hydrogen-bond acceptors (Lipinski definition) is 2. The molecule has 0 atom stereocenters. The zero-order valence-electron chi connectivity index (χ0n) is 9.26. The molecule has 0 aromatic heterocycles. The molecule has 3 rings (SSSR count). The van der Waals surface area contributed by atoms with Gasteiger partial charge in [0.1, 0.15) is 11.6 Å². The number of nitrogens with one attached hydrogen (secondary N) is 1. The summed E-state index contributed by atoms with van der Waals surface area (Å²) in [5.41, 5.74) is 2.07. The van der Waals surface area contributed by atoms with Crippen molar-refractivity contribution in [1.82, 2.24) is 5.32 Å². The van der Waals surface area contributed by atoms with Gasteiger partial charge in [0, 0.05) is 12.5 Å². The summed E-state index contributed by atoms with van der Waals surface area (Å²) in [5, 5.41) is 3.31. The summed E-state index contributed by atoms with van der Waals surface area (Å²) in [6.45, 7) is 2.69. The third-order valence-corrected chi connectivity index (χ3v) is 3.59. The molecule has 0 aliphatic carbocycles. The largest absolute Gasteiger partial charge is 0.493 e. The summed E-state index contributed by atoms with van der Waals surface area (Å²) in [4.78, 5) is 0. The molecule has 1 aromatic carbocycles. The Morgan fingerprint density at radius 2 is 2.06 bits per heavy atom. The molecule has 0 spiro atoms. The molecule has 3 heteroatoms. The highest BCUT2D eigenvalue weighted by Crippen LogP contribution is 2.34. The first-order valence-corrected chi connectivity index (χ1v) is 6.00. The van der Waals surface area contributed by atoms with E-state index in [2.05, 4.69) is 5.32 Å². The maximum Gasteiger partial charge on any atom is 0.130 e. The Balaban J connectivity index is 1.94. The van der Waals surface area contributed by atoms with Gasteiger partial charge in [-0.3, -0.25) is 0 Å². The van der Waals surface area contributed by atoms with E-state index in [4.69, 9.17) is 4.74 Å². The number of benzene rings is 1. The van der Waals surface area contributed by atoms with Crippen LogP contribution in [0.5, 0.6) is 5.75 Å². The first-order valence-electron chi connectivity index (χ1n) is 6.00. The van der Waals surface area contributed by atoms with E-state index in [0.29, 0.717) is 12.5 Å². The molecule has 0 radical (unpaired) electrons. The lowest BCUT2D eigenvalue weighted by molar-refractivity contribution is 0.354. The third kappa shape index (κ3) is 1.69. The van der Waals surface area contributed by atoms with Crippen molar-refractivity contribution >= 4 is 0 Å². The molecule has 86 valence electrons.